The average molecular weight is 302 g/mol. The lowest BCUT2D eigenvalue weighted by Gasteiger charge is -2.04. The van der Waals surface area contributed by atoms with Gasteiger partial charge in [0.05, 0.1) is 7.11 Å². The number of amides is 1. The molecule has 0 unspecified atom stereocenters. The Hall–Kier alpha value is -2.26. The summed E-state index contributed by atoms with van der Waals surface area (Å²) in [6.45, 7) is 1.91. The first-order valence-corrected chi connectivity index (χ1v) is 6.85. The molecule has 0 bridgehead atoms. The van der Waals surface area contributed by atoms with E-state index in [-0.39, 0.29) is 5.91 Å². The van der Waals surface area contributed by atoms with Crippen molar-refractivity contribution in [3.8, 4) is 5.75 Å². The van der Waals surface area contributed by atoms with Crippen LogP contribution < -0.4 is 10.1 Å². The lowest BCUT2D eigenvalue weighted by molar-refractivity contribution is -0.111. The monoisotopic (exact) mass is 301 g/mol. The van der Waals surface area contributed by atoms with Crippen LogP contribution in [-0.4, -0.2) is 13.0 Å². The van der Waals surface area contributed by atoms with E-state index in [2.05, 4.69) is 5.32 Å². The maximum Gasteiger partial charge on any atom is 0.248 e. The number of methoxy groups -OCH3 is 1. The molecule has 0 aliphatic carbocycles. The third-order valence-corrected chi connectivity index (χ3v) is 3.39. The number of hydrogen-bond donors (Lipinski definition) is 1. The highest BCUT2D eigenvalue weighted by atomic mass is 35.5. The molecule has 0 heterocycles. The van der Waals surface area contributed by atoms with Crippen molar-refractivity contribution in [2.75, 3.05) is 12.4 Å². The molecule has 2 aromatic rings. The van der Waals surface area contributed by atoms with Gasteiger partial charge in [0.15, 0.2) is 0 Å². The molecule has 0 aliphatic rings. The Balaban J connectivity index is 1.99. The van der Waals surface area contributed by atoms with Crippen LogP contribution in [0.4, 0.5) is 5.69 Å². The topological polar surface area (TPSA) is 38.3 Å². The van der Waals surface area contributed by atoms with Gasteiger partial charge in [-0.25, -0.2) is 0 Å². The van der Waals surface area contributed by atoms with Crippen LogP contribution in [-0.2, 0) is 4.79 Å². The van der Waals surface area contributed by atoms with Gasteiger partial charge < -0.3 is 10.1 Å². The van der Waals surface area contributed by atoms with Gasteiger partial charge in [-0.05, 0) is 48.4 Å². The molecule has 2 rings (SSSR count). The fraction of sp³-hybridized carbons (Fsp3) is 0.118. The van der Waals surface area contributed by atoms with E-state index >= 15 is 0 Å². The molecule has 3 nitrogen and oxygen atoms in total. The number of carbonyl (C=O) groups excluding carboxylic acids is 1. The van der Waals surface area contributed by atoms with Gasteiger partial charge in [-0.15, -0.1) is 0 Å². The standard InChI is InChI=1S/C17H16ClNO2/c1-12-3-7-14(11-16(12)18)19-17(20)10-6-13-4-8-15(21-2)9-5-13/h3-11H,1-2H3,(H,19,20)/b10-6+. The van der Waals surface area contributed by atoms with Crippen LogP contribution in [0.25, 0.3) is 6.08 Å². The van der Waals surface area contributed by atoms with Crippen molar-refractivity contribution in [2.45, 2.75) is 6.92 Å². The van der Waals surface area contributed by atoms with Gasteiger partial charge in [-0.3, -0.25) is 4.79 Å². The zero-order valence-electron chi connectivity index (χ0n) is 11.9. The summed E-state index contributed by atoms with van der Waals surface area (Å²) >= 11 is 6.02. The number of hydrogen-bond acceptors (Lipinski definition) is 2. The van der Waals surface area contributed by atoms with Gasteiger partial charge in [0.2, 0.25) is 5.91 Å². The van der Waals surface area contributed by atoms with Crippen molar-refractivity contribution in [2.24, 2.45) is 0 Å². The first kappa shape index (κ1) is 15.1. The van der Waals surface area contributed by atoms with Crippen LogP contribution >= 0.6 is 11.6 Å². The van der Waals surface area contributed by atoms with Crippen molar-refractivity contribution in [1.82, 2.24) is 0 Å². The van der Waals surface area contributed by atoms with E-state index in [9.17, 15) is 4.79 Å². The third kappa shape index (κ3) is 4.36. The molecule has 21 heavy (non-hydrogen) atoms. The summed E-state index contributed by atoms with van der Waals surface area (Å²) in [5, 5.41) is 3.40. The Morgan fingerprint density at radius 1 is 1.19 bits per heavy atom. The molecule has 2 aromatic carbocycles. The van der Waals surface area contributed by atoms with Crippen molar-refractivity contribution < 1.29 is 9.53 Å². The zero-order chi connectivity index (χ0) is 15.2. The zero-order valence-corrected chi connectivity index (χ0v) is 12.6. The molecule has 0 saturated heterocycles. The second-order valence-corrected chi connectivity index (χ2v) is 4.97. The number of carbonyl (C=O) groups is 1. The molecule has 1 N–H and O–H groups in total. The van der Waals surface area contributed by atoms with Crippen molar-refractivity contribution in [3.63, 3.8) is 0 Å². The summed E-state index contributed by atoms with van der Waals surface area (Å²) in [5.41, 5.74) is 2.58. The minimum atomic E-state index is -0.203. The predicted octanol–water partition coefficient (Wildman–Crippen LogP) is 4.31. The highest BCUT2D eigenvalue weighted by molar-refractivity contribution is 6.31. The first-order valence-electron chi connectivity index (χ1n) is 6.48. The molecule has 0 atom stereocenters. The van der Waals surface area contributed by atoms with E-state index in [4.69, 9.17) is 16.3 Å². The summed E-state index contributed by atoms with van der Waals surface area (Å²) in [5.74, 6) is 0.580. The average Bonchev–Trinajstić information content (AvgIpc) is 2.49. The molecule has 0 fully saturated rings. The Morgan fingerprint density at radius 2 is 1.90 bits per heavy atom. The van der Waals surface area contributed by atoms with Crippen LogP contribution in [0.3, 0.4) is 0 Å². The summed E-state index contributed by atoms with van der Waals surface area (Å²) in [7, 11) is 1.62. The molecule has 1 amide bonds. The smallest absolute Gasteiger partial charge is 0.248 e. The number of aryl methyl sites for hydroxylation is 1. The van der Waals surface area contributed by atoms with E-state index in [1.54, 1.807) is 19.3 Å². The first-order chi connectivity index (χ1) is 10.1. The summed E-state index contributed by atoms with van der Waals surface area (Å²) in [4.78, 5) is 11.8. The molecule has 0 radical (unpaired) electrons. The number of anilines is 1. The van der Waals surface area contributed by atoms with Gasteiger partial charge in [0, 0.05) is 16.8 Å². The van der Waals surface area contributed by atoms with Gasteiger partial charge >= 0.3 is 0 Å². The fourth-order valence-corrected chi connectivity index (χ4v) is 1.92. The van der Waals surface area contributed by atoms with E-state index in [0.29, 0.717) is 10.7 Å². The maximum absolute atomic E-state index is 11.8. The molecule has 4 heteroatoms. The summed E-state index contributed by atoms with van der Waals surface area (Å²) < 4.78 is 5.08. The van der Waals surface area contributed by atoms with Crippen molar-refractivity contribution >= 4 is 29.3 Å². The molecule has 0 aliphatic heterocycles. The van der Waals surface area contributed by atoms with Crippen LogP contribution in [0.2, 0.25) is 5.02 Å². The Kier molecular flexibility index (Phi) is 5.01. The quantitative estimate of drug-likeness (QED) is 0.855. The number of nitrogens with one attached hydrogen (secondary N) is 1. The molecule has 0 spiro atoms. The lowest BCUT2D eigenvalue weighted by Crippen LogP contribution is -2.07. The molecule has 0 saturated carbocycles. The minimum absolute atomic E-state index is 0.203. The molecule has 0 aromatic heterocycles. The second kappa shape index (κ2) is 6.95. The number of benzene rings is 2. The van der Waals surface area contributed by atoms with Crippen molar-refractivity contribution in [3.05, 3.63) is 64.7 Å². The molecule has 108 valence electrons. The van der Waals surface area contributed by atoms with Gasteiger partial charge in [0.25, 0.3) is 0 Å². The van der Waals surface area contributed by atoms with E-state index < -0.39 is 0 Å². The summed E-state index contributed by atoms with van der Waals surface area (Å²) in [6.07, 6.45) is 3.22. The van der Waals surface area contributed by atoms with Gasteiger partial charge in [-0.2, -0.15) is 0 Å². The molecular formula is C17H16ClNO2. The SMILES string of the molecule is COc1ccc(/C=C/C(=O)Nc2ccc(C)c(Cl)c2)cc1. The van der Waals surface area contributed by atoms with Crippen LogP contribution in [0.1, 0.15) is 11.1 Å². The lowest BCUT2D eigenvalue weighted by atomic mass is 10.2. The van der Waals surface area contributed by atoms with E-state index in [1.807, 2.05) is 43.3 Å². The highest BCUT2D eigenvalue weighted by Gasteiger charge is 2.01. The maximum atomic E-state index is 11.8. The largest absolute Gasteiger partial charge is 0.497 e. The number of ether oxygens (including phenoxy) is 1. The predicted molar refractivity (Wildman–Crippen MR) is 86.8 cm³/mol. The third-order valence-electron chi connectivity index (χ3n) is 2.98. The Bertz CT molecular complexity index is 663. The van der Waals surface area contributed by atoms with Gasteiger partial charge in [0.1, 0.15) is 5.75 Å². The Morgan fingerprint density at radius 3 is 2.52 bits per heavy atom. The van der Waals surface area contributed by atoms with Crippen LogP contribution in [0.5, 0.6) is 5.75 Å². The normalized spacial score (nSPS) is 10.6. The van der Waals surface area contributed by atoms with E-state index in [1.165, 1.54) is 6.08 Å². The van der Waals surface area contributed by atoms with Crippen LogP contribution in [0, 0.1) is 6.92 Å². The van der Waals surface area contributed by atoms with E-state index in [0.717, 1.165) is 16.9 Å². The molecular weight excluding hydrogens is 286 g/mol. The number of rotatable bonds is 4. The second-order valence-electron chi connectivity index (χ2n) is 4.56. The van der Waals surface area contributed by atoms with Crippen LogP contribution in [0.15, 0.2) is 48.5 Å². The fourth-order valence-electron chi connectivity index (χ4n) is 1.74. The summed E-state index contributed by atoms with van der Waals surface area (Å²) in [6, 6.07) is 12.9. The Labute approximate surface area is 129 Å². The van der Waals surface area contributed by atoms with Gasteiger partial charge in [-0.1, -0.05) is 29.8 Å². The highest BCUT2D eigenvalue weighted by Crippen LogP contribution is 2.20. The number of halogens is 1. The minimum Gasteiger partial charge on any atom is -0.497 e. The van der Waals surface area contributed by atoms with Crippen molar-refractivity contribution in [1.29, 1.82) is 0 Å².